The van der Waals surface area contributed by atoms with E-state index in [0.29, 0.717) is 5.55 Å². The first-order chi connectivity index (χ1) is 11.9. The van der Waals surface area contributed by atoms with Crippen LogP contribution in [0.25, 0.3) is 22.1 Å². The largest absolute Gasteiger partial charge is 0.456 e. The van der Waals surface area contributed by atoms with E-state index in [4.69, 9.17) is 9.15 Å². The van der Waals surface area contributed by atoms with Gasteiger partial charge >= 0.3 is 0 Å². The van der Waals surface area contributed by atoms with Crippen LogP contribution in [0.1, 0.15) is 0 Å². The maximum atomic E-state index is 6.02. The standard InChI is InChI=1S/C21H13NO2/c1-2-7-14(8-3-1)22-20-13-16-15-9-4-5-10-17(15)23-18-11-6-12-19(24-20)21(16)18/h1-13H. The van der Waals surface area contributed by atoms with Crippen LogP contribution in [0.4, 0.5) is 5.69 Å². The summed E-state index contributed by atoms with van der Waals surface area (Å²) < 4.78 is 12.0. The zero-order chi connectivity index (χ0) is 15.9. The van der Waals surface area contributed by atoms with Crippen LogP contribution >= 0.6 is 0 Å². The van der Waals surface area contributed by atoms with E-state index in [0.717, 1.165) is 39.3 Å². The van der Waals surface area contributed by atoms with Gasteiger partial charge in [0, 0.05) is 17.2 Å². The second kappa shape index (κ2) is 5.10. The monoisotopic (exact) mass is 311 g/mol. The molecule has 3 nitrogen and oxygen atoms in total. The summed E-state index contributed by atoms with van der Waals surface area (Å²) in [4.78, 5) is 4.62. The molecule has 1 aliphatic rings. The number of hydrogen-bond acceptors (Lipinski definition) is 3. The lowest BCUT2D eigenvalue weighted by Gasteiger charge is -2.20. The second-order valence-electron chi connectivity index (χ2n) is 5.67. The fraction of sp³-hybridized carbons (Fsp3) is 0. The number of para-hydroxylation sites is 2. The Bertz CT molecular complexity index is 1130. The van der Waals surface area contributed by atoms with Gasteiger partial charge in [-0.1, -0.05) is 42.5 Å². The molecule has 5 rings (SSSR count). The molecule has 4 aromatic rings. The molecule has 0 aliphatic carbocycles. The smallest absolute Gasteiger partial charge is 0.220 e. The maximum absolute atomic E-state index is 6.02. The van der Waals surface area contributed by atoms with Crippen molar-refractivity contribution in [3.8, 4) is 22.6 Å². The molecule has 0 bridgehead atoms. The molecule has 0 saturated heterocycles. The number of hydrogen-bond donors (Lipinski definition) is 0. The average molecular weight is 311 g/mol. The lowest BCUT2D eigenvalue weighted by Crippen LogP contribution is -2.04. The Hall–Kier alpha value is -3.33. The summed E-state index contributed by atoms with van der Waals surface area (Å²) in [5.74, 6) is 1.67. The highest BCUT2D eigenvalue weighted by atomic mass is 16.5. The Morgan fingerprint density at radius 2 is 1.46 bits per heavy atom. The fourth-order valence-electron chi connectivity index (χ4n) is 3.08. The third kappa shape index (κ3) is 2.02. The minimum absolute atomic E-state index is 0.581. The predicted octanol–water partition coefficient (Wildman–Crippen LogP) is 5.44. The Balaban J connectivity index is 1.86. The van der Waals surface area contributed by atoms with Crippen molar-refractivity contribution < 1.29 is 9.15 Å². The Kier molecular flexibility index (Phi) is 2.79. The van der Waals surface area contributed by atoms with E-state index in [1.807, 2.05) is 72.8 Å². The van der Waals surface area contributed by atoms with Crippen LogP contribution in [0, 0.1) is 0 Å². The summed E-state index contributed by atoms with van der Waals surface area (Å²) in [6.45, 7) is 0. The molecule has 0 radical (unpaired) electrons. The van der Waals surface area contributed by atoms with Gasteiger partial charge in [-0.2, -0.15) is 0 Å². The van der Waals surface area contributed by atoms with Crippen molar-refractivity contribution in [2.24, 2.45) is 4.99 Å². The van der Waals surface area contributed by atoms with Crippen LogP contribution in [0.5, 0.6) is 11.5 Å². The quantitative estimate of drug-likeness (QED) is 0.413. The average Bonchev–Trinajstić information content (AvgIpc) is 2.63. The van der Waals surface area contributed by atoms with Crippen molar-refractivity contribution in [1.82, 2.24) is 0 Å². The molecule has 2 heterocycles. The maximum Gasteiger partial charge on any atom is 0.220 e. The SMILES string of the molecule is c1ccc(N=c2cc3c4c(cccc4o2)Oc2ccccc2-3)cc1. The first-order valence-corrected chi connectivity index (χ1v) is 7.82. The third-order valence-electron chi connectivity index (χ3n) is 4.13. The van der Waals surface area contributed by atoms with E-state index in [9.17, 15) is 0 Å². The summed E-state index contributed by atoms with van der Waals surface area (Å²) in [5.41, 5.74) is 4.36. The summed E-state index contributed by atoms with van der Waals surface area (Å²) in [6.07, 6.45) is 0. The summed E-state index contributed by atoms with van der Waals surface area (Å²) in [7, 11) is 0. The van der Waals surface area contributed by atoms with Crippen LogP contribution in [-0.2, 0) is 0 Å². The molecule has 1 aliphatic heterocycles. The third-order valence-corrected chi connectivity index (χ3v) is 4.13. The van der Waals surface area contributed by atoms with E-state index >= 15 is 0 Å². The Morgan fingerprint density at radius 3 is 2.38 bits per heavy atom. The molecule has 0 amide bonds. The Morgan fingerprint density at radius 1 is 0.667 bits per heavy atom. The highest BCUT2D eigenvalue weighted by Crippen LogP contribution is 2.45. The fourth-order valence-corrected chi connectivity index (χ4v) is 3.08. The van der Waals surface area contributed by atoms with Gasteiger partial charge in [-0.15, -0.1) is 0 Å². The normalized spacial score (nSPS) is 12.8. The minimum Gasteiger partial charge on any atom is -0.456 e. The second-order valence-corrected chi connectivity index (χ2v) is 5.67. The molecular weight excluding hydrogens is 298 g/mol. The molecule has 0 atom stereocenters. The molecule has 3 heteroatoms. The van der Waals surface area contributed by atoms with Crippen LogP contribution in [-0.4, -0.2) is 0 Å². The molecule has 1 aromatic heterocycles. The first kappa shape index (κ1) is 13.1. The summed E-state index contributed by atoms with van der Waals surface area (Å²) in [6, 6.07) is 25.7. The molecule has 0 spiro atoms. The van der Waals surface area contributed by atoms with Gasteiger partial charge in [0.2, 0.25) is 5.55 Å². The number of fused-ring (bicyclic) bond motifs is 2. The molecule has 3 aromatic carbocycles. The molecule has 24 heavy (non-hydrogen) atoms. The number of nitrogens with zero attached hydrogens (tertiary/aromatic N) is 1. The van der Waals surface area contributed by atoms with Crippen molar-refractivity contribution in [1.29, 1.82) is 0 Å². The first-order valence-electron chi connectivity index (χ1n) is 7.82. The van der Waals surface area contributed by atoms with Gasteiger partial charge in [0.1, 0.15) is 17.1 Å². The molecule has 0 N–H and O–H groups in total. The highest BCUT2D eigenvalue weighted by molar-refractivity contribution is 6.01. The van der Waals surface area contributed by atoms with Gasteiger partial charge in [-0.05, 0) is 30.3 Å². The number of rotatable bonds is 1. The van der Waals surface area contributed by atoms with Crippen molar-refractivity contribution in [2.45, 2.75) is 0 Å². The summed E-state index contributed by atoms with van der Waals surface area (Å²) >= 11 is 0. The van der Waals surface area contributed by atoms with Crippen LogP contribution in [0.15, 0.2) is 88.3 Å². The van der Waals surface area contributed by atoms with Gasteiger partial charge in [0.15, 0.2) is 0 Å². The van der Waals surface area contributed by atoms with Crippen molar-refractivity contribution in [3.05, 3.63) is 84.4 Å². The van der Waals surface area contributed by atoms with Crippen molar-refractivity contribution in [3.63, 3.8) is 0 Å². The van der Waals surface area contributed by atoms with Gasteiger partial charge in [0.05, 0.1) is 11.1 Å². The topological polar surface area (TPSA) is 34.7 Å². The van der Waals surface area contributed by atoms with E-state index in [-0.39, 0.29) is 0 Å². The predicted molar refractivity (Wildman–Crippen MR) is 93.4 cm³/mol. The van der Waals surface area contributed by atoms with Gasteiger partial charge in [-0.25, -0.2) is 4.99 Å². The zero-order valence-corrected chi connectivity index (χ0v) is 12.8. The van der Waals surface area contributed by atoms with Crippen LogP contribution in [0.2, 0.25) is 0 Å². The van der Waals surface area contributed by atoms with Crippen LogP contribution in [0.3, 0.4) is 0 Å². The number of ether oxygens (including phenoxy) is 1. The lowest BCUT2D eigenvalue weighted by atomic mass is 9.98. The molecular formula is C21H13NO2. The van der Waals surface area contributed by atoms with Crippen molar-refractivity contribution >= 4 is 16.7 Å². The van der Waals surface area contributed by atoms with E-state index in [1.165, 1.54) is 0 Å². The van der Waals surface area contributed by atoms with E-state index in [1.54, 1.807) is 0 Å². The van der Waals surface area contributed by atoms with E-state index < -0.39 is 0 Å². The van der Waals surface area contributed by atoms with Gasteiger partial charge in [-0.3, -0.25) is 0 Å². The molecule has 0 saturated carbocycles. The minimum atomic E-state index is 0.581. The van der Waals surface area contributed by atoms with Crippen LogP contribution < -0.4 is 10.3 Å². The Labute approximate surface area is 138 Å². The highest BCUT2D eigenvalue weighted by Gasteiger charge is 2.20. The molecule has 0 fully saturated rings. The number of benzene rings is 3. The van der Waals surface area contributed by atoms with E-state index in [2.05, 4.69) is 11.1 Å². The lowest BCUT2D eigenvalue weighted by molar-refractivity contribution is 0.482. The molecule has 0 unspecified atom stereocenters. The van der Waals surface area contributed by atoms with Gasteiger partial charge in [0.25, 0.3) is 0 Å². The van der Waals surface area contributed by atoms with Crippen molar-refractivity contribution in [2.75, 3.05) is 0 Å². The molecule has 114 valence electrons. The summed E-state index contributed by atoms with van der Waals surface area (Å²) in [5, 5.41) is 0.989. The van der Waals surface area contributed by atoms with Gasteiger partial charge < -0.3 is 9.15 Å². The zero-order valence-electron chi connectivity index (χ0n) is 12.8.